The van der Waals surface area contributed by atoms with Gasteiger partial charge in [0, 0.05) is 0 Å². The van der Waals surface area contributed by atoms with E-state index in [0.717, 1.165) is 0 Å². The third kappa shape index (κ3) is 3.18. The Morgan fingerprint density at radius 3 is 2.47 bits per heavy atom. The molecule has 0 spiro atoms. The number of benzene rings is 1. The fourth-order valence-electron chi connectivity index (χ4n) is 1.23. The van der Waals surface area contributed by atoms with Crippen molar-refractivity contribution >= 4 is 21.7 Å². The summed E-state index contributed by atoms with van der Waals surface area (Å²) in [6.07, 6.45) is 0. The summed E-state index contributed by atoms with van der Waals surface area (Å²) >= 11 is 0. The molecule has 0 saturated heterocycles. The highest BCUT2D eigenvalue weighted by molar-refractivity contribution is 7.89. The Hall–Kier alpha value is -1.60. The zero-order chi connectivity index (χ0) is 13.1. The molecule has 0 aliphatic carbocycles. The fourth-order valence-corrected chi connectivity index (χ4v) is 2.12. The Morgan fingerprint density at radius 2 is 1.94 bits per heavy atom. The van der Waals surface area contributed by atoms with Gasteiger partial charge in [0.25, 0.3) is 0 Å². The number of carbonyl (C=O) groups is 1. The minimum Gasteiger partial charge on any atom is -0.480 e. The van der Waals surface area contributed by atoms with Crippen molar-refractivity contribution in [3.8, 4) is 0 Å². The maximum absolute atomic E-state index is 11.7. The van der Waals surface area contributed by atoms with Gasteiger partial charge in [0.15, 0.2) is 0 Å². The molecule has 0 saturated carbocycles. The minimum absolute atomic E-state index is 0.0237. The van der Waals surface area contributed by atoms with Crippen LogP contribution in [0.1, 0.15) is 6.92 Å². The van der Waals surface area contributed by atoms with Gasteiger partial charge in [0.2, 0.25) is 10.0 Å². The van der Waals surface area contributed by atoms with Crippen LogP contribution < -0.4 is 10.0 Å². The van der Waals surface area contributed by atoms with Crippen LogP contribution in [0.15, 0.2) is 29.2 Å². The van der Waals surface area contributed by atoms with Crippen LogP contribution in [-0.4, -0.2) is 32.6 Å². The Kier molecular flexibility index (Phi) is 4.08. The first kappa shape index (κ1) is 13.5. The summed E-state index contributed by atoms with van der Waals surface area (Å²) in [5, 5.41) is 11.4. The van der Waals surface area contributed by atoms with Crippen molar-refractivity contribution < 1.29 is 18.3 Å². The first-order chi connectivity index (χ1) is 7.88. The molecule has 0 aliphatic heterocycles. The van der Waals surface area contributed by atoms with Crippen LogP contribution in [-0.2, 0) is 14.8 Å². The molecule has 0 amide bonds. The molecule has 1 aromatic rings. The van der Waals surface area contributed by atoms with Crippen molar-refractivity contribution in [2.75, 3.05) is 12.4 Å². The molecule has 0 fully saturated rings. The second kappa shape index (κ2) is 5.15. The molecule has 6 nitrogen and oxygen atoms in total. The number of para-hydroxylation sites is 1. The lowest BCUT2D eigenvalue weighted by molar-refractivity contribution is -0.137. The van der Waals surface area contributed by atoms with Crippen LogP contribution >= 0.6 is 0 Å². The van der Waals surface area contributed by atoms with E-state index in [1.165, 1.54) is 26.1 Å². The Morgan fingerprint density at radius 1 is 1.35 bits per heavy atom. The molecule has 1 unspecified atom stereocenters. The number of hydrogen-bond donors (Lipinski definition) is 3. The normalized spacial score (nSPS) is 13.1. The van der Waals surface area contributed by atoms with E-state index in [2.05, 4.69) is 10.0 Å². The maximum Gasteiger partial charge on any atom is 0.325 e. The molecule has 0 aliphatic rings. The van der Waals surface area contributed by atoms with Crippen molar-refractivity contribution in [2.45, 2.75) is 17.9 Å². The zero-order valence-corrected chi connectivity index (χ0v) is 10.3. The lowest BCUT2D eigenvalue weighted by atomic mass is 10.2. The fraction of sp³-hybridized carbons (Fsp3) is 0.300. The summed E-state index contributed by atoms with van der Waals surface area (Å²) < 4.78 is 25.5. The third-order valence-corrected chi connectivity index (χ3v) is 3.66. The summed E-state index contributed by atoms with van der Waals surface area (Å²) in [6.45, 7) is 1.44. The van der Waals surface area contributed by atoms with Crippen molar-refractivity contribution in [3.63, 3.8) is 0 Å². The van der Waals surface area contributed by atoms with Crippen LogP contribution in [0.2, 0.25) is 0 Å². The Labute approximate surface area is 99.7 Å². The molecule has 0 aromatic heterocycles. The van der Waals surface area contributed by atoms with Crippen LogP contribution in [0.25, 0.3) is 0 Å². The molecule has 1 aromatic carbocycles. The number of carboxylic acid groups (broad SMARTS) is 1. The molecule has 17 heavy (non-hydrogen) atoms. The van der Waals surface area contributed by atoms with Gasteiger partial charge in [0.1, 0.15) is 10.9 Å². The van der Waals surface area contributed by atoms with Crippen LogP contribution in [0.4, 0.5) is 5.69 Å². The largest absolute Gasteiger partial charge is 0.480 e. The second-order valence-electron chi connectivity index (χ2n) is 3.41. The van der Waals surface area contributed by atoms with E-state index in [-0.39, 0.29) is 10.6 Å². The van der Waals surface area contributed by atoms with E-state index >= 15 is 0 Å². The van der Waals surface area contributed by atoms with Gasteiger partial charge in [-0.15, -0.1) is 0 Å². The van der Waals surface area contributed by atoms with E-state index in [4.69, 9.17) is 5.11 Å². The van der Waals surface area contributed by atoms with Gasteiger partial charge in [-0.05, 0) is 26.1 Å². The zero-order valence-electron chi connectivity index (χ0n) is 9.47. The first-order valence-electron chi connectivity index (χ1n) is 4.90. The number of anilines is 1. The van der Waals surface area contributed by atoms with E-state index in [0.29, 0.717) is 0 Å². The highest BCUT2D eigenvalue weighted by Crippen LogP contribution is 2.20. The van der Waals surface area contributed by atoms with Gasteiger partial charge in [-0.1, -0.05) is 12.1 Å². The third-order valence-electron chi connectivity index (χ3n) is 2.19. The Balaban J connectivity index is 3.14. The van der Waals surface area contributed by atoms with Crippen molar-refractivity contribution in [2.24, 2.45) is 0 Å². The van der Waals surface area contributed by atoms with E-state index in [9.17, 15) is 13.2 Å². The molecule has 0 heterocycles. The topological polar surface area (TPSA) is 95.5 Å². The maximum atomic E-state index is 11.7. The van der Waals surface area contributed by atoms with Crippen molar-refractivity contribution in [3.05, 3.63) is 24.3 Å². The first-order valence-corrected chi connectivity index (χ1v) is 6.38. The average molecular weight is 258 g/mol. The SMILES string of the molecule is CNS(=O)(=O)c1ccccc1NC(C)C(=O)O. The molecule has 3 N–H and O–H groups in total. The number of nitrogens with one attached hydrogen (secondary N) is 2. The lowest BCUT2D eigenvalue weighted by Gasteiger charge is -2.14. The molecule has 0 bridgehead atoms. The van der Waals surface area contributed by atoms with Gasteiger partial charge in [-0.2, -0.15) is 0 Å². The van der Waals surface area contributed by atoms with Crippen LogP contribution in [0.5, 0.6) is 0 Å². The molecule has 1 rings (SSSR count). The number of rotatable bonds is 5. The summed E-state index contributed by atoms with van der Waals surface area (Å²) in [6, 6.07) is 5.25. The monoisotopic (exact) mass is 258 g/mol. The predicted molar refractivity (Wildman–Crippen MR) is 63.4 cm³/mol. The van der Waals surface area contributed by atoms with Crippen molar-refractivity contribution in [1.29, 1.82) is 0 Å². The molecule has 94 valence electrons. The molecule has 7 heteroatoms. The minimum atomic E-state index is -3.61. The standard InChI is InChI=1S/C10H14N2O4S/c1-7(10(13)14)12-8-5-3-4-6-9(8)17(15,16)11-2/h3-7,11-12H,1-2H3,(H,13,14). The predicted octanol–water partition coefficient (Wildman–Crippen LogP) is 0.480. The molecule has 0 radical (unpaired) electrons. The summed E-state index contributed by atoms with van der Waals surface area (Å²) in [4.78, 5) is 10.7. The average Bonchev–Trinajstić information content (AvgIpc) is 2.29. The lowest BCUT2D eigenvalue weighted by Crippen LogP contribution is -2.27. The van der Waals surface area contributed by atoms with Gasteiger partial charge in [0.05, 0.1) is 5.69 Å². The summed E-state index contributed by atoms with van der Waals surface area (Å²) in [5.74, 6) is -1.05. The van der Waals surface area contributed by atoms with Crippen LogP contribution in [0.3, 0.4) is 0 Å². The van der Waals surface area contributed by atoms with Gasteiger partial charge in [-0.25, -0.2) is 13.1 Å². The van der Waals surface area contributed by atoms with Gasteiger partial charge in [-0.3, -0.25) is 4.79 Å². The molecular weight excluding hydrogens is 244 g/mol. The molecular formula is C10H14N2O4S. The van der Waals surface area contributed by atoms with Gasteiger partial charge >= 0.3 is 5.97 Å². The smallest absolute Gasteiger partial charge is 0.325 e. The quantitative estimate of drug-likeness (QED) is 0.714. The van der Waals surface area contributed by atoms with Crippen LogP contribution in [0, 0.1) is 0 Å². The van der Waals surface area contributed by atoms with E-state index in [1.54, 1.807) is 12.1 Å². The van der Waals surface area contributed by atoms with Crippen molar-refractivity contribution in [1.82, 2.24) is 4.72 Å². The highest BCUT2D eigenvalue weighted by Gasteiger charge is 2.18. The number of aliphatic carboxylic acids is 1. The van der Waals surface area contributed by atoms with Gasteiger partial charge < -0.3 is 10.4 Å². The number of hydrogen-bond acceptors (Lipinski definition) is 4. The van der Waals surface area contributed by atoms with E-state index < -0.39 is 22.0 Å². The molecule has 1 atom stereocenters. The second-order valence-corrected chi connectivity index (χ2v) is 5.26. The number of sulfonamides is 1. The van der Waals surface area contributed by atoms with E-state index in [1.807, 2.05) is 0 Å². The summed E-state index contributed by atoms with van der Waals surface area (Å²) in [5.41, 5.74) is 0.261. The number of carboxylic acids is 1. The Bertz CT molecular complexity index is 513. The highest BCUT2D eigenvalue weighted by atomic mass is 32.2. The summed E-state index contributed by atoms with van der Waals surface area (Å²) in [7, 11) is -2.31.